The smallest absolute Gasteiger partial charge is 0.260 e. The zero-order chi connectivity index (χ0) is 19.7. The van der Waals surface area contributed by atoms with Gasteiger partial charge in [-0.25, -0.2) is 0 Å². The Morgan fingerprint density at radius 1 is 1.11 bits per heavy atom. The SMILES string of the molecule is CCOc1ccc2ccccc2c1C(=O)Nc1ccc2c(c1)CCC(=O)N2C. The average molecular weight is 374 g/mol. The van der Waals surface area contributed by atoms with Gasteiger partial charge in [0.2, 0.25) is 5.91 Å². The van der Waals surface area contributed by atoms with Gasteiger partial charge in [-0.05, 0) is 53.9 Å². The van der Waals surface area contributed by atoms with Crippen LogP contribution in [0.5, 0.6) is 5.75 Å². The lowest BCUT2D eigenvalue weighted by molar-refractivity contribution is -0.118. The molecule has 28 heavy (non-hydrogen) atoms. The van der Waals surface area contributed by atoms with Crippen LogP contribution in [-0.2, 0) is 11.2 Å². The summed E-state index contributed by atoms with van der Waals surface area (Å²) in [6.07, 6.45) is 1.17. The molecule has 2 amide bonds. The van der Waals surface area contributed by atoms with E-state index in [1.165, 1.54) is 0 Å². The number of carbonyl (C=O) groups is 2. The summed E-state index contributed by atoms with van der Waals surface area (Å²) in [6.45, 7) is 2.38. The Hall–Kier alpha value is -3.34. The predicted octanol–water partition coefficient (Wildman–Crippen LogP) is 4.40. The van der Waals surface area contributed by atoms with E-state index in [1.54, 1.807) is 11.9 Å². The molecular formula is C23H22N2O3. The summed E-state index contributed by atoms with van der Waals surface area (Å²) in [5, 5.41) is 4.85. The molecule has 3 aromatic rings. The lowest BCUT2D eigenvalue weighted by Gasteiger charge is -2.26. The molecule has 1 aliphatic heterocycles. The minimum Gasteiger partial charge on any atom is -0.493 e. The molecule has 0 fully saturated rings. The van der Waals surface area contributed by atoms with E-state index in [0.29, 0.717) is 36.4 Å². The van der Waals surface area contributed by atoms with E-state index >= 15 is 0 Å². The summed E-state index contributed by atoms with van der Waals surface area (Å²) in [5.74, 6) is 0.476. The van der Waals surface area contributed by atoms with Crippen molar-refractivity contribution in [3.63, 3.8) is 0 Å². The summed E-state index contributed by atoms with van der Waals surface area (Å²) in [4.78, 5) is 26.7. The van der Waals surface area contributed by atoms with Crippen LogP contribution >= 0.6 is 0 Å². The van der Waals surface area contributed by atoms with E-state index in [1.807, 2.05) is 61.5 Å². The van der Waals surface area contributed by atoms with Crippen LogP contribution in [0.3, 0.4) is 0 Å². The summed E-state index contributed by atoms with van der Waals surface area (Å²) in [6, 6.07) is 17.2. The molecule has 3 aromatic carbocycles. The standard InChI is InChI=1S/C23H22N2O3/c1-3-28-20-12-8-15-6-4-5-7-18(15)22(20)23(27)24-17-10-11-19-16(14-17)9-13-21(26)25(19)2/h4-8,10-12,14H,3,9,13H2,1-2H3,(H,24,27). The Labute approximate surface area is 163 Å². The van der Waals surface area contributed by atoms with Crippen LogP contribution in [0.25, 0.3) is 10.8 Å². The minimum absolute atomic E-state index is 0.112. The quantitative estimate of drug-likeness (QED) is 0.736. The third kappa shape index (κ3) is 3.20. The van der Waals surface area contributed by atoms with Gasteiger partial charge in [0.15, 0.2) is 0 Å². The van der Waals surface area contributed by atoms with Gasteiger partial charge in [-0.1, -0.05) is 30.3 Å². The van der Waals surface area contributed by atoms with Gasteiger partial charge in [-0.15, -0.1) is 0 Å². The topological polar surface area (TPSA) is 58.6 Å². The van der Waals surface area contributed by atoms with E-state index in [9.17, 15) is 9.59 Å². The normalized spacial score (nSPS) is 13.4. The van der Waals surface area contributed by atoms with Crippen LogP contribution in [-0.4, -0.2) is 25.5 Å². The highest BCUT2D eigenvalue weighted by Gasteiger charge is 2.22. The number of hydrogen-bond donors (Lipinski definition) is 1. The van der Waals surface area contributed by atoms with Crippen molar-refractivity contribution in [2.45, 2.75) is 19.8 Å². The van der Waals surface area contributed by atoms with E-state index < -0.39 is 0 Å². The summed E-state index contributed by atoms with van der Waals surface area (Å²) in [7, 11) is 1.78. The van der Waals surface area contributed by atoms with Crippen molar-refractivity contribution in [1.29, 1.82) is 0 Å². The predicted molar refractivity (Wildman–Crippen MR) is 111 cm³/mol. The van der Waals surface area contributed by atoms with E-state index in [2.05, 4.69) is 5.32 Å². The maximum absolute atomic E-state index is 13.2. The Bertz CT molecular complexity index is 1070. The zero-order valence-corrected chi connectivity index (χ0v) is 16.0. The first-order chi connectivity index (χ1) is 13.6. The molecule has 1 N–H and O–H groups in total. The summed E-state index contributed by atoms with van der Waals surface area (Å²) >= 11 is 0. The van der Waals surface area contributed by atoms with Gasteiger partial charge in [0.25, 0.3) is 5.91 Å². The van der Waals surface area contributed by atoms with Crippen LogP contribution in [0.1, 0.15) is 29.3 Å². The largest absolute Gasteiger partial charge is 0.493 e. The first-order valence-corrected chi connectivity index (χ1v) is 9.44. The average Bonchev–Trinajstić information content (AvgIpc) is 2.71. The maximum Gasteiger partial charge on any atom is 0.260 e. The van der Waals surface area contributed by atoms with E-state index in [4.69, 9.17) is 4.74 Å². The molecule has 4 rings (SSSR count). The number of anilines is 2. The lowest BCUT2D eigenvalue weighted by Crippen LogP contribution is -2.31. The van der Waals surface area contributed by atoms with Crippen molar-refractivity contribution in [3.05, 3.63) is 65.7 Å². The number of rotatable bonds is 4. The second-order valence-electron chi connectivity index (χ2n) is 6.84. The first-order valence-electron chi connectivity index (χ1n) is 9.44. The highest BCUT2D eigenvalue weighted by atomic mass is 16.5. The lowest BCUT2D eigenvalue weighted by atomic mass is 10.0. The Morgan fingerprint density at radius 2 is 1.93 bits per heavy atom. The first kappa shape index (κ1) is 18.0. The third-order valence-corrected chi connectivity index (χ3v) is 5.10. The Kier molecular flexibility index (Phi) is 4.74. The van der Waals surface area contributed by atoms with Crippen molar-refractivity contribution in [2.24, 2.45) is 0 Å². The molecular weight excluding hydrogens is 352 g/mol. The maximum atomic E-state index is 13.2. The van der Waals surface area contributed by atoms with Crippen LogP contribution in [0.15, 0.2) is 54.6 Å². The molecule has 0 unspecified atom stereocenters. The molecule has 0 spiro atoms. The zero-order valence-electron chi connectivity index (χ0n) is 16.0. The van der Waals surface area contributed by atoms with Crippen LogP contribution in [0.2, 0.25) is 0 Å². The Balaban J connectivity index is 1.69. The molecule has 0 saturated carbocycles. The monoisotopic (exact) mass is 374 g/mol. The van der Waals surface area contributed by atoms with E-state index in [-0.39, 0.29) is 11.8 Å². The fourth-order valence-corrected chi connectivity index (χ4v) is 3.69. The van der Waals surface area contributed by atoms with Crippen molar-refractivity contribution in [2.75, 3.05) is 23.9 Å². The molecule has 0 aromatic heterocycles. The van der Waals surface area contributed by atoms with Crippen LogP contribution < -0.4 is 15.0 Å². The van der Waals surface area contributed by atoms with Gasteiger partial charge in [-0.3, -0.25) is 9.59 Å². The molecule has 0 atom stereocenters. The van der Waals surface area contributed by atoms with Crippen molar-refractivity contribution in [1.82, 2.24) is 0 Å². The molecule has 5 nitrogen and oxygen atoms in total. The second kappa shape index (κ2) is 7.35. The molecule has 1 aliphatic rings. The third-order valence-electron chi connectivity index (χ3n) is 5.10. The number of nitrogens with one attached hydrogen (secondary N) is 1. The van der Waals surface area contributed by atoms with E-state index in [0.717, 1.165) is 22.0 Å². The van der Waals surface area contributed by atoms with Gasteiger partial charge < -0.3 is 15.0 Å². The van der Waals surface area contributed by atoms with Crippen molar-refractivity contribution < 1.29 is 14.3 Å². The number of carbonyl (C=O) groups excluding carboxylic acids is 2. The summed E-state index contributed by atoms with van der Waals surface area (Å²) < 4.78 is 5.72. The van der Waals surface area contributed by atoms with Gasteiger partial charge in [0, 0.05) is 24.8 Å². The number of amides is 2. The molecule has 0 saturated heterocycles. The van der Waals surface area contributed by atoms with Crippen LogP contribution in [0.4, 0.5) is 11.4 Å². The van der Waals surface area contributed by atoms with Gasteiger partial charge in [0.1, 0.15) is 5.75 Å². The molecule has 0 radical (unpaired) electrons. The minimum atomic E-state index is -0.208. The van der Waals surface area contributed by atoms with Crippen molar-refractivity contribution >= 4 is 34.0 Å². The molecule has 0 bridgehead atoms. The molecule has 142 valence electrons. The summed E-state index contributed by atoms with van der Waals surface area (Å²) in [5.41, 5.74) is 3.20. The highest BCUT2D eigenvalue weighted by Crippen LogP contribution is 2.32. The number of fused-ring (bicyclic) bond motifs is 2. The Morgan fingerprint density at radius 3 is 2.75 bits per heavy atom. The fourth-order valence-electron chi connectivity index (χ4n) is 3.69. The molecule has 0 aliphatic carbocycles. The van der Waals surface area contributed by atoms with Gasteiger partial charge in [0.05, 0.1) is 12.2 Å². The number of aryl methyl sites for hydroxylation is 1. The second-order valence-corrected chi connectivity index (χ2v) is 6.84. The van der Waals surface area contributed by atoms with Gasteiger partial charge in [-0.2, -0.15) is 0 Å². The van der Waals surface area contributed by atoms with Crippen molar-refractivity contribution in [3.8, 4) is 5.75 Å². The number of ether oxygens (including phenoxy) is 1. The number of benzene rings is 3. The number of hydrogen-bond acceptors (Lipinski definition) is 3. The number of nitrogens with zero attached hydrogens (tertiary/aromatic N) is 1. The van der Waals surface area contributed by atoms with Gasteiger partial charge >= 0.3 is 0 Å². The highest BCUT2D eigenvalue weighted by molar-refractivity contribution is 6.15. The molecule has 1 heterocycles. The molecule has 5 heteroatoms. The van der Waals surface area contributed by atoms with Crippen LogP contribution in [0, 0.1) is 0 Å². The fraction of sp³-hybridized carbons (Fsp3) is 0.217.